The first kappa shape index (κ1) is 22.0. The van der Waals surface area contributed by atoms with Crippen LogP contribution in [-0.2, 0) is 19.5 Å². The van der Waals surface area contributed by atoms with Gasteiger partial charge in [0.2, 0.25) is 0 Å². The molecule has 5 heterocycles. The molecule has 36 heavy (non-hydrogen) atoms. The van der Waals surface area contributed by atoms with Gasteiger partial charge in [0.25, 0.3) is 0 Å². The van der Waals surface area contributed by atoms with Crippen LogP contribution < -0.4 is 10.6 Å². The maximum Gasteiger partial charge on any atom is 0.180 e. The van der Waals surface area contributed by atoms with Crippen LogP contribution in [0.4, 0.5) is 11.6 Å². The number of aromatic nitrogens is 7. The van der Waals surface area contributed by atoms with Crippen LogP contribution in [0, 0.1) is 6.92 Å². The number of nitrogens with zero attached hydrogens (tertiary/aromatic N) is 7. The van der Waals surface area contributed by atoms with Crippen molar-refractivity contribution in [3.8, 4) is 22.8 Å². The van der Waals surface area contributed by atoms with E-state index in [2.05, 4.69) is 70.6 Å². The van der Waals surface area contributed by atoms with Crippen molar-refractivity contribution in [1.29, 1.82) is 0 Å². The molecule has 0 saturated carbocycles. The van der Waals surface area contributed by atoms with Crippen LogP contribution in [0.25, 0.3) is 22.8 Å². The highest BCUT2D eigenvalue weighted by molar-refractivity contribution is 5.59. The third kappa shape index (κ3) is 4.82. The molecule has 9 heteroatoms. The second-order valence-electron chi connectivity index (χ2n) is 8.70. The number of nitrogens with one attached hydrogen (secondary N) is 2. The predicted molar refractivity (Wildman–Crippen MR) is 137 cm³/mol. The Morgan fingerprint density at radius 2 is 1.69 bits per heavy atom. The molecule has 1 aliphatic heterocycles. The Kier molecular flexibility index (Phi) is 5.88. The molecule has 0 spiro atoms. The molecule has 0 saturated heterocycles. The van der Waals surface area contributed by atoms with Crippen LogP contribution >= 0.6 is 0 Å². The average Bonchev–Trinajstić information content (AvgIpc) is 3.34. The summed E-state index contributed by atoms with van der Waals surface area (Å²) in [4.78, 5) is 27.4. The van der Waals surface area contributed by atoms with Gasteiger partial charge in [-0.25, -0.2) is 29.9 Å². The van der Waals surface area contributed by atoms with Gasteiger partial charge >= 0.3 is 0 Å². The summed E-state index contributed by atoms with van der Waals surface area (Å²) in [6.07, 6.45) is 6.23. The zero-order valence-corrected chi connectivity index (χ0v) is 19.9. The Bertz CT molecular complexity index is 1480. The van der Waals surface area contributed by atoms with E-state index >= 15 is 0 Å². The molecule has 178 valence electrons. The second kappa shape index (κ2) is 9.63. The molecule has 0 bridgehead atoms. The van der Waals surface area contributed by atoms with E-state index in [0.29, 0.717) is 23.9 Å². The van der Waals surface area contributed by atoms with Crippen LogP contribution in [0.2, 0.25) is 0 Å². The number of benzene rings is 1. The van der Waals surface area contributed by atoms with Crippen molar-refractivity contribution in [3.63, 3.8) is 0 Å². The van der Waals surface area contributed by atoms with Crippen LogP contribution in [0.3, 0.4) is 0 Å². The lowest BCUT2D eigenvalue weighted by molar-refractivity contribution is 0.505. The van der Waals surface area contributed by atoms with Crippen molar-refractivity contribution < 1.29 is 0 Å². The number of pyridine rings is 1. The number of aryl methyl sites for hydroxylation is 1. The van der Waals surface area contributed by atoms with E-state index in [-0.39, 0.29) is 0 Å². The molecule has 4 aromatic heterocycles. The Morgan fingerprint density at radius 3 is 2.53 bits per heavy atom. The van der Waals surface area contributed by atoms with Gasteiger partial charge in [-0.15, -0.1) is 0 Å². The number of hydrogen-bond donors (Lipinski definition) is 2. The Labute approximate surface area is 208 Å². The summed E-state index contributed by atoms with van der Waals surface area (Å²) in [5, 5.41) is 6.63. The zero-order valence-electron chi connectivity index (χ0n) is 19.9. The van der Waals surface area contributed by atoms with Crippen molar-refractivity contribution in [2.75, 3.05) is 11.9 Å². The summed E-state index contributed by atoms with van der Waals surface area (Å²) in [5.74, 6) is 3.70. The first-order valence-electron chi connectivity index (χ1n) is 11.9. The van der Waals surface area contributed by atoms with Gasteiger partial charge in [-0.05, 0) is 36.8 Å². The number of imidazole rings is 1. The molecule has 6 rings (SSSR count). The SMILES string of the molecule is Cc1cccc(-c2nccc(Nc3ccnc(Cc4ccc(-c5cn6c(n5)CNCC6)cc4)n3)n2)n1. The standard InChI is InChI=1S/C27H25N9/c1-18-3-2-4-21(31-18)27-30-12-10-24(35-27)33-23-9-11-29-25(34-23)15-19-5-7-20(8-6-19)22-17-36-14-13-28-16-26(36)32-22/h2-12,17,28H,13-16H2,1H3,(H,29,30,33,34,35). The molecule has 9 nitrogen and oxygen atoms in total. The highest BCUT2D eigenvalue weighted by atomic mass is 15.1. The lowest BCUT2D eigenvalue weighted by Gasteiger charge is -2.13. The van der Waals surface area contributed by atoms with E-state index in [0.717, 1.165) is 59.5 Å². The molecule has 5 aromatic rings. The summed E-state index contributed by atoms with van der Waals surface area (Å²) in [7, 11) is 0. The maximum atomic E-state index is 4.77. The Balaban J connectivity index is 1.15. The minimum atomic E-state index is 0.563. The van der Waals surface area contributed by atoms with Crippen LogP contribution in [-0.4, -0.2) is 41.0 Å². The van der Waals surface area contributed by atoms with Gasteiger partial charge < -0.3 is 15.2 Å². The van der Waals surface area contributed by atoms with Crippen molar-refractivity contribution >= 4 is 11.6 Å². The molecule has 2 N–H and O–H groups in total. The van der Waals surface area contributed by atoms with E-state index in [9.17, 15) is 0 Å². The van der Waals surface area contributed by atoms with E-state index in [1.165, 1.54) is 0 Å². The van der Waals surface area contributed by atoms with Crippen LogP contribution in [0.5, 0.6) is 0 Å². The number of fused-ring (bicyclic) bond motifs is 1. The van der Waals surface area contributed by atoms with Gasteiger partial charge in [-0.2, -0.15) is 0 Å². The third-order valence-electron chi connectivity index (χ3n) is 6.02. The molecule has 0 fully saturated rings. The van der Waals surface area contributed by atoms with Crippen LogP contribution in [0.1, 0.15) is 22.9 Å². The monoisotopic (exact) mass is 475 g/mol. The highest BCUT2D eigenvalue weighted by Crippen LogP contribution is 2.22. The molecule has 0 radical (unpaired) electrons. The predicted octanol–water partition coefficient (Wildman–Crippen LogP) is 3.94. The molecule has 0 atom stereocenters. The summed E-state index contributed by atoms with van der Waals surface area (Å²) >= 11 is 0. The second-order valence-corrected chi connectivity index (χ2v) is 8.70. The summed E-state index contributed by atoms with van der Waals surface area (Å²) in [6.45, 7) is 4.71. The smallest absolute Gasteiger partial charge is 0.180 e. The molecule has 0 unspecified atom stereocenters. The zero-order chi connectivity index (χ0) is 24.3. The quantitative estimate of drug-likeness (QED) is 0.380. The number of rotatable bonds is 6. The minimum Gasteiger partial charge on any atom is -0.332 e. The molecular formula is C27H25N9. The van der Waals surface area contributed by atoms with Gasteiger partial charge in [-0.1, -0.05) is 30.3 Å². The molecule has 0 amide bonds. The third-order valence-corrected chi connectivity index (χ3v) is 6.02. The van der Waals surface area contributed by atoms with E-state index in [4.69, 9.17) is 4.98 Å². The van der Waals surface area contributed by atoms with Crippen LogP contribution in [0.15, 0.2) is 73.2 Å². The van der Waals surface area contributed by atoms with Gasteiger partial charge in [-0.3, -0.25) is 0 Å². The normalized spacial score (nSPS) is 12.8. The van der Waals surface area contributed by atoms with Crippen molar-refractivity contribution in [3.05, 3.63) is 96.1 Å². The molecule has 0 aliphatic carbocycles. The molecule has 1 aromatic carbocycles. The Morgan fingerprint density at radius 1 is 0.861 bits per heavy atom. The number of anilines is 2. The van der Waals surface area contributed by atoms with Crippen molar-refractivity contribution in [2.24, 2.45) is 0 Å². The van der Waals surface area contributed by atoms with E-state index in [1.807, 2.05) is 37.3 Å². The van der Waals surface area contributed by atoms with Crippen molar-refractivity contribution in [2.45, 2.75) is 26.4 Å². The fraction of sp³-hybridized carbons (Fsp3) is 0.185. The summed E-state index contributed by atoms with van der Waals surface area (Å²) in [5.41, 5.74) is 4.91. The fourth-order valence-corrected chi connectivity index (χ4v) is 4.21. The van der Waals surface area contributed by atoms with Gasteiger partial charge in [0.05, 0.1) is 12.2 Å². The van der Waals surface area contributed by atoms with Gasteiger partial charge in [0.15, 0.2) is 5.82 Å². The molecule has 1 aliphatic rings. The first-order chi connectivity index (χ1) is 17.7. The maximum absolute atomic E-state index is 4.77. The lowest BCUT2D eigenvalue weighted by atomic mass is 10.1. The lowest BCUT2D eigenvalue weighted by Crippen LogP contribution is -2.27. The average molecular weight is 476 g/mol. The van der Waals surface area contributed by atoms with E-state index < -0.39 is 0 Å². The topological polar surface area (TPSA) is 106 Å². The summed E-state index contributed by atoms with van der Waals surface area (Å²) in [6, 6.07) is 17.9. The molecular weight excluding hydrogens is 450 g/mol. The highest BCUT2D eigenvalue weighted by Gasteiger charge is 2.13. The largest absolute Gasteiger partial charge is 0.332 e. The van der Waals surface area contributed by atoms with Crippen molar-refractivity contribution in [1.82, 2.24) is 39.8 Å². The number of hydrogen-bond acceptors (Lipinski definition) is 8. The van der Waals surface area contributed by atoms with Gasteiger partial charge in [0.1, 0.15) is 29.0 Å². The summed E-state index contributed by atoms with van der Waals surface area (Å²) < 4.78 is 2.23. The fourth-order valence-electron chi connectivity index (χ4n) is 4.21. The van der Waals surface area contributed by atoms with Gasteiger partial charge in [0, 0.05) is 49.4 Å². The first-order valence-corrected chi connectivity index (χ1v) is 11.9. The minimum absolute atomic E-state index is 0.563. The van der Waals surface area contributed by atoms with E-state index in [1.54, 1.807) is 12.4 Å². The Hall–Kier alpha value is -4.50.